The first-order valence-corrected chi connectivity index (χ1v) is 7.57. The lowest BCUT2D eigenvalue weighted by Gasteiger charge is -2.44. The highest BCUT2D eigenvalue weighted by Crippen LogP contribution is 2.45. The molecule has 3 atom stereocenters. The summed E-state index contributed by atoms with van der Waals surface area (Å²) in [6, 6.07) is 8.02. The topological polar surface area (TPSA) is 36.9 Å². The van der Waals surface area contributed by atoms with Crippen molar-refractivity contribution in [2.75, 3.05) is 13.2 Å². The first-order chi connectivity index (χ1) is 9.92. The van der Waals surface area contributed by atoms with Gasteiger partial charge in [-0.3, -0.25) is 0 Å². The van der Waals surface area contributed by atoms with Crippen molar-refractivity contribution in [2.24, 2.45) is 5.41 Å². The number of rotatable bonds is 7. The van der Waals surface area contributed by atoms with Crippen LogP contribution in [0.5, 0.6) is 5.75 Å². The van der Waals surface area contributed by atoms with Gasteiger partial charge in [0.05, 0.1) is 12.7 Å². The Kier molecular flexibility index (Phi) is 5.25. The van der Waals surface area contributed by atoms with E-state index in [0.29, 0.717) is 6.61 Å². The first-order valence-electron chi connectivity index (χ1n) is 7.57. The highest BCUT2D eigenvalue weighted by molar-refractivity contribution is 5.30. The molecule has 0 saturated carbocycles. The van der Waals surface area contributed by atoms with Crippen LogP contribution in [0.4, 0.5) is 0 Å². The van der Waals surface area contributed by atoms with Crippen molar-refractivity contribution in [3.05, 3.63) is 29.8 Å². The second-order valence-corrected chi connectivity index (χ2v) is 6.09. The van der Waals surface area contributed by atoms with E-state index in [1.165, 1.54) is 5.56 Å². The van der Waals surface area contributed by atoms with E-state index in [-0.39, 0.29) is 24.1 Å². The molecule has 2 rings (SSSR count). The summed E-state index contributed by atoms with van der Waals surface area (Å²) >= 11 is 0. The molecule has 0 aliphatic carbocycles. The third-order valence-corrected chi connectivity index (χ3v) is 3.60. The molecule has 4 heteroatoms. The van der Waals surface area contributed by atoms with Crippen molar-refractivity contribution < 1.29 is 18.9 Å². The molecule has 0 bridgehead atoms. The minimum Gasteiger partial charge on any atom is -0.465 e. The fraction of sp³-hybridized carbons (Fsp3) is 0.647. The van der Waals surface area contributed by atoms with Gasteiger partial charge in [-0.2, -0.15) is 0 Å². The Morgan fingerprint density at radius 2 is 1.86 bits per heavy atom. The summed E-state index contributed by atoms with van der Waals surface area (Å²) in [7, 11) is 0. The van der Waals surface area contributed by atoms with E-state index >= 15 is 0 Å². The van der Waals surface area contributed by atoms with Gasteiger partial charge in [-0.05, 0) is 38.5 Å². The van der Waals surface area contributed by atoms with Crippen LogP contribution in [0.3, 0.4) is 0 Å². The second-order valence-electron chi connectivity index (χ2n) is 6.09. The summed E-state index contributed by atoms with van der Waals surface area (Å²) in [4.78, 5) is 0. The Balaban J connectivity index is 1.88. The molecule has 1 aromatic carbocycles. The molecule has 1 heterocycles. The zero-order chi connectivity index (χ0) is 15.5. The van der Waals surface area contributed by atoms with Crippen molar-refractivity contribution in [1.29, 1.82) is 0 Å². The van der Waals surface area contributed by atoms with Gasteiger partial charge in [0.1, 0.15) is 5.75 Å². The summed E-state index contributed by atoms with van der Waals surface area (Å²) in [6.07, 6.45) is -0.444. The van der Waals surface area contributed by atoms with Crippen molar-refractivity contribution >= 4 is 0 Å². The van der Waals surface area contributed by atoms with Crippen molar-refractivity contribution in [2.45, 2.75) is 53.3 Å². The summed E-state index contributed by atoms with van der Waals surface area (Å²) in [5.74, 6) is 0.784. The summed E-state index contributed by atoms with van der Waals surface area (Å²) in [6.45, 7) is 11.5. The number of benzene rings is 1. The number of hydrogen-bond acceptors (Lipinski definition) is 4. The molecule has 1 fully saturated rings. The molecule has 21 heavy (non-hydrogen) atoms. The standard InChI is InChI=1S/C17H26O4/c1-6-18-12(2)20-13(3)21-15-9-7-14(8-10-15)16-17(4,5)11-19-16/h7-10,12-13,16H,6,11H2,1-5H3. The second kappa shape index (κ2) is 6.77. The average Bonchev–Trinajstić information content (AvgIpc) is 2.40. The Hall–Kier alpha value is -1.10. The molecule has 0 spiro atoms. The average molecular weight is 294 g/mol. The van der Waals surface area contributed by atoms with Crippen LogP contribution in [-0.4, -0.2) is 25.8 Å². The summed E-state index contributed by atoms with van der Waals surface area (Å²) < 4.78 is 22.3. The van der Waals surface area contributed by atoms with Crippen molar-refractivity contribution in [3.63, 3.8) is 0 Å². The maximum atomic E-state index is 5.73. The van der Waals surface area contributed by atoms with Crippen LogP contribution in [0.2, 0.25) is 0 Å². The van der Waals surface area contributed by atoms with Gasteiger partial charge >= 0.3 is 0 Å². The van der Waals surface area contributed by atoms with Gasteiger partial charge in [0.25, 0.3) is 0 Å². The van der Waals surface area contributed by atoms with Gasteiger partial charge in [0.2, 0.25) is 0 Å². The fourth-order valence-corrected chi connectivity index (χ4v) is 2.53. The number of hydrogen-bond donors (Lipinski definition) is 0. The van der Waals surface area contributed by atoms with Gasteiger partial charge in [-0.25, -0.2) is 0 Å². The molecule has 4 nitrogen and oxygen atoms in total. The Labute approximate surface area is 127 Å². The highest BCUT2D eigenvalue weighted by Gasteiger charge is 2.40. The van der Waals surface area contributed by atoms with E-state index in [0.717, 1.165) is 12.4 Å². The minimum atomic E-state index is -0.353. The summed E-state index contributed by atoms with van der Waals surface area (Å²) in [5.41, 5.74) is 1.40. The molecule has 118 valence electrons. The fourth-order valence-electron chi connectivity index (χ4n) is 2.53. The molecule has 1 aliphatic heterocycles. The molecule has 0 aromatic heterocycles. The van der Waals surface area contributed by atoms with Gasteiger partial charge < -0.3 is 18.9 Å². The van der Waals surface area contributed by atoms with Gasteiger partial charge in [0, 0.05) is 12.0 Å². The molecule has 1 saturated heterocycles. The zero-order valence-electron chi connectivity index (χ0n) is 13.6. The molecular weight excluding hydrogens is 268 g/mol. The lowest BCUT2D eigenvalue weighted by molar-refractivity contribution is -0.202. The monoisotopic (exact) mass is 294 g/mol. The predicted octanol–water partition coefficient (Wildman–Crippen LogP) is 3.91. The van der Waals surface area contributed by atoms with Crippen LogP contribution < -0.4 is 4.74 Å². The largest absolute Gasteiger partial charge is 0.465 e. The maximum absolute atomic E-state index is 5.73. The lowest BCUT2D eigenvalue weighted by atomic mass is 9.79. The van der Waals surface area contributed by atoms with E-state index in [9.17, 15) is 0 Å². The lowest BCUT2D eigenvalue weighted by Crippen LogP contribution is -2.40. The van der Waals surface area contributed by atoms with Crippen LogP contribution in [0.1, 0.15) is 46.3 Å². The highest BCUT2D eigenvalue weighted by atomic mass is 16.8. The van der Waals surface area contributed by atoms with E-state index in [1.54, 1.807) is 0 Å². The Morgan fingerprint density at radius 3 is 2.33 bits per heavy atom. The molecule has 1 aliphatic rings. The summed E-state index contributed by atoms with van der Waals surface area (Å²) in [5, 5.41) is 0. The van der Waals surface area contributed by atoms with E-state index < -0.39 is 0 Å². The smallest absolute Gasteiger partial charge is 0.199 e. The molecule has 0 amide bonds. The van der Waals surface area contributed by atoms with Gasteiger partial charge in [-0.15, -0.1) is 0 Å². The molecule has 3 unspecified atom stereocenters. The minimum absolute atomic E-state index is 0.179. The molecule has 1 aromatic rings. The van der Waals surface area contributed by atoms with Gasteiger partial charge in [0.15, 0.2) is 12.6 Å². The molecule has 0 N–H and O–H groups in total. The number of ether oxygens (including phenoxy) is 4. The maximum Gasteiger partial charge on any atom is 0.199 e. The van der Waals surface area contributed by atoms with E-state index in [2.05, 4.69) is 26.0 Å². The van der Waals surface area contributed by atoms with Crippen LogP contribution in [0.15, 0.2) is 24.3 Å². The SMILES string of the molecule is CCOC(C)OC(C)Oc1ccc(C2OCC2(C)C)cc1. The van der Waals surface area contributed by atoms with E-state index in [1.807, 2.05) is 32.9 Å². The van der Waals surface area contributed by atoms with Gasteiger partial charge in [-0.1, -0.05) is 26.0 Å². The van der Waals surface area contributed by atoms with Crippen LogP contribution in [0.25, 0.3) is 0 Å². The Morgan fingerprint density at radius 1 is 1.19 bits per heavy atom. The third kappa shape index (κ3) is 4.19. The van der Waals surface area contributed by atoms with E-state index in [4.69, 9.17) is 18.9 Å². The third-order valence-electron chi connectivity index (χ3n) is 3.60. The van der Waals surface area contributed by atoms with Crippen molar-refractivity contribution in [1.82, 2.24) is 0 Å². The predicted molar refractivity (Wildman–Crippen MR) is 81.2 cm³/mol. The van der Waals surface area contributed by atoms with Crippen LogP contribution in [-0.2, 0) is 14.2 Å². The van der Waals surface area contributed by atoms with Crippen LogP contribution >= 0.6 is 0 Å². The van der Waals surface area contributed by atoms with Crippen molar-refractivity contribution in [3.8, 4) is 5.75 Å². The quantitative estimate of drug-likeness (QED) is 0.715. The zero-order valence-corrected chi connectivity index (χ0v) is 13.6. The molecule has 0 radical (unpaired) electrons. The van der Waals surface area contributed by atoms with Crippen LogP contribution in [0, 0.1) is 5.41 Å². The normalized spacial score (nSPS) is 23.2. The Bertz CT molecular complexity index is 441. The molecular formula is C17H26O4. The first kappa shape index (κ1) is 16.3.